The molecule has 7 heteroatoms. The smallest absolute Gasteiger partial charge is 0.343 e. The molecule has 2 aromatic rings. The average Bonchev–Trinajstić information content (AvgIpc) is 2.72. The number of amides is 1. The van der Waals surface area contributed by atoms with Crippen LogP contribution in [0.15, 0.2) is 48.0 Å². The molecule has 0 aliphatic carbocycles. The van der Waals surface area contributed by atoms with Gasteiger partial charge in [-0.05, 0) is 48.0 Å². The third kappa shape index (κ3) is 4.86. The monoisotopic (exact) mass is 366 g/mol. The molecule has 0 unspecified atom stereocenters. The lowest BCUT2D eigenvalue weighted by Gasteiger charge is -2.10. The van der Waals surface area contributed by atoms with Gasteiger partial charge in [-0.25, -0.2) is 4.79 Å². The Kier molecular flexibility index (Phi) is 6.55. The molecule has 0 saturated carbocycles. The van der Waals surface area contributed by atoms with Crippen molar-refractivity contribution in [3.63, 3.8) is 0 Å². The fourth-order valence-electron chi connectivity index (χ4n) is 2.19. The summed E-state index contributed by atoms with van der Waals surface area (Å²) in [5.41, 5.74) is 0.854. The molecule has 0 bridgehead atoms. The first kappa shape index (κ1) is 19.5. The van der Waals surface area contributed by atoms with Crippen LogP contribution in [0, 0.1) is 11.3 Å². The highest BCUT2D eigenvalue weighted by Gasteiger charge is 2.14. The highest BCUT2D eigenvalue weighted by Crippen LogP contribution is 2.30. The quantitative estimate of drug-likeness (QED) is 0.365. The van der Waals surface area contributed by atoms with Gasteiger partial charge in [0.25, 0.3) is 5.91 Å². The number of nitriles is 1. The van der Waals surface area contributed by atoms with Crippen molar-refractivity contribution in [3.05, 3.63) is 59.2 Å². The molecule has 0 fully saturated rings. The minimum atomic E-state index is -0.553. The zero-order valence-electron chi connectivity index (χ0n) is 15.1. The number of nitrogens with one attached hydrogen (secondary N) is 1. The van der Waals surface area contributed by atoms with E-state index in [0.717, 1.165) is 0 Å². The molecule has 1 N–H and O–H groups in total. The fourth-order valence-corrected chi connectivity index (χ4v) is 2.19. The van der Waals surface area contributed by atoms with Crippen molar-refractivity contribution in [1.82, 2.24) is 5.32 Å². The Morgan fingerprint density at radius 1 is 1.04 bits per heavy atom. The number of carbonyl (C=O) groups is 2. The number of methoxy groups -OCH3 is 2. The van der Waals surface area contributed by atoms with E-state index >= 15 is 0 Å². The van der Waals surface area contributed by atoms with E-state index in [1.54, 1.807) is 36.4 Å². The van der Waals surface area contributed by atoms with E-state index in [-0.39, 0.29) is 11.3 Å². The average molecular weight is 366 g/mol. The second-order valence-corrected chi connectivity index (χ2v) is 5.28. The lowest BCUT2D eigenvalue weighted by molar-refractivity contribution is -0.116. The van der Waals surface area contributed by atoms with Gasteiger partial charge >= 0.3 is 5.97 Å². The summed E-state index contributed by atoms with van der Waals surface area (Å²) < 4.78 is 15.7. The molecule has 0 aromatic heterocycles. The molecular formula is C20H18N2O5. The van der Waals surface area contributed by atoms with E-state index in [0.29, 0.717) is 22.6 Å². The number of nitrogens with zero attached hydrogens (tertiary/aromatic N) is 1. The molecule has 0 saturated heterocycles. The van der Waals surface area contributed by atoms with Crippen molar-refractivity contribution in [1.29, 1.82) is 5.26 Å². The topological polar surface area (TPSA) is 97.7 Å². The van der Waals surface area contributed by atoms with Crippen molar-refractivity contribution in [3.8, 4) is 23.3 Å². The molecule has 0 aliphatic rings. The third-order valence-corrected chi connectivity index (χ3v) is 3.62. The van der Waals surface area contributed by atoms with E-state index in [9.17, 15) is 9.59 Å². The molecule has 2 rings (SSSR count). The summed E-state index contributed by atoms with van der Waals surface area (Å²) in [5.74, 6) is 0.0900. The van der Waals surface area contributed by atoms with Crippen LogP contribution in [0.25, 0.3) is 6.08 Å². The molecule has 0 spiro atoms. The lowest BCUT2D eigenvalue weighted by atomic mass is 10.1. The van der Waals surface area contributed by atoms with Crippen LogP contribution in [-0.4, -0.2) is 33.1 Å². The van der Waals surface area contributed by atoms with Crippen LogP contribution in [0.2, 0.25) is 0 Å². The highest BCUT2D eigenvalue weighted by molar-refractivity contribution is 6.01. The molecule has 0 atom stereocenters. The molecule has 138 valence electrons. The molecule has 27 heavy (non-hydrogen) atoms. The molecule has 0 radical (unpaired) electrons. The lowest BCUT2D eigenvalue weighted by Crippen LogP contribution is -2.19. The van der Waals surface area contributed by atoms with Crippen molar-refractivity contribution in [2.45, 2.75) is 0 Å². The second-order valence-electron chi connectivity index (χ2n) is 5.28. The van der Waals surface area contributed by atoms with E-state index in [1.165, 1.54) is 33.4 Å². The van der Waals surface area contributed by atoms with Crippen LogP contribution in [0.3, 0.4) is 0 Å². The van der Waals surface area contributed by atoms with Crippen molar-refractivity contribution in [2.24, 2.45) is 0 Å². The Balaban J connectivity index is 2.25. The van der Waals surface area contributed by atoms with Crippen LogP contribution >= 0.6 is 0 Å². The molecule has 0 aliphatic heterocycles. The standard InChI is InChI=1S/C20H18N2O5/c1-22-19(23)15(12-21)10-13-4-9-17(18(11-13)26-3)27-20(24)14-5-7-16(25-2)8-6-14/h4-11H,1-3H3,(H,22,23)/b15-10+. The van der Waals surface area contributed by atoms with E-state index in [1.807, 2.05) is 6.07 Å². The summed E-state index contributed by atoms with van der Waals surface area (Å²) in [4.78, 5) is 23.9. The first-order chi connectivity index (χ1) is 13.0. The normalized spacial score (nSPS) is 10.5. The maximum Gasteiger partial charge on any atom is 0.343 e. The van der Waals surface area contributed by atoms with E-state index in [2.05, 4.69) is 5.32 Å². The highest BCUT2D eigenvalue weighted by atomic mass is 16.6. The molecule has 0 heterocycles. The summed E-state index contributed by atoms with van der Waals surface area (Å²) in [5, 5.41) is 11.5. The van der Waals surface area contributed by atoms with Gasteiger partial charge in [0, 0.05) is 7.05 Å². The van der Waals surface area contributed by atoms with E-state index in [4.69, 9.17) is 19.5 Å². The van der Waals surface area contributed by atoms with Crippen molar-refractivity contribution >= 4 is 18.0 Å². The molecular weight excluding hydrogens is 348 g/mol. The number of hydrogen-bond donors (Lipinski definition) is 1. The number of hydrogen-bond acceptors (Lipinski definition) is 6. The number of carbonyl (C=O) groups excluding carboxylic acids is 2. The number of likely N-dealkylation sites (N-methyl/N-ethyl adjacent to an activating group) is 1. The van der Waals surface area contributed by atoms with Gasteiger partial charge in [-0.1, -0.05) is 6.07 Å². The number of benzene rings is 2. The fraction of sp³-hybridized carbons (Fsp3) is 0.150. The number of esters is 1. The molecule has 2 aromatic carbocycles. The summed E-state index contributed by atoms with van der Waals surface area (Å²) in [7, 11) is 4.41. The Morgan fingerprint density at radius 2 is 1.74 bits per heavy atom. The Morgan fingerprint density at radius 3 is 2.30 bits per heavy atom. The minimum absolute atomic E-state index is 0.0532. The van der Waals surface area contributed by atoms with Gasteiger partial charge in [0.2, 0.25) is 0 Å². The first-order valence-corrected chi connectivity index (χ1v) is 7.90. The minimum Gasteiger partial charge on any atom is -0.497 e. The maximum absolute atomic E-state index is 12.3. The third-order valence-electron chi connectivity index (χ3n) is 3.62. The van der Waals surface area contributed by atoms with Crippen LogP contribution < -0.4 is 19.5 Å². The first-order valence-electron chi connectivity index (χ1n) is 7.90. The molecule has 1 amide bonds. The number of ether oxygens (including phenoxy) is 3. The van der Waals surface area contributed by atoms with Crippen LogP contribution in [0.4, 0.5) is 0 Å². The van der Waals surface area contributed by atoms with E-state index < -0.39 is 11.9 Å². The van der Waals surface area contributed by atoms with Gasteiger partial charge in [-0.2, -0.15) is 5.26 Å². The Hall–Kier alpha value is -3.79. The SMILES string of the molecule is CNC(=O)/C(C#N)=C/c1ccc(OC(=O)c2ccc(OC)cc2)c(OC)c1. The van der Waals surface area contributed by atoms with Gasteiger partial charge in [-0.15, -0.1) is 0 Å². The zero-order valence-corrected chi connectivity index (χ0v) is 15.1. The predicted molar refractivity (Wildman–Crippen MR) is 98.6 cm³/mol. The van der Waals surface area contributed by atoms with Gasteiger partial charge in [0.1, 0.15) is 17.4 Å². The van der Waals surface area contributed by atoms with Gasteiger partial charge in [0.05, 0.1) is 19.8 Å². The second kappa shape index (κ2) is 9.06. The summed E-state index contributed by atoms with van der Waals surface area (Å²) in [6, 6.07) is 13.0. The molecule has 7 nitrogen and oxygen atoms in total. The van der Waals surface area contributed by atoms with Gasteiger partial charge < -0.3 is 19.5 Å². The summed E-state index contributed by atoms with van der Waals surface area (Å²) in [6.45, 7) is 0. The van der Waals surface area contributed by atoms with Crippen LogP contribution in [0.5, 0.6) is 17.2 Å². The van der Waals surface area contributed by atoms with Gasteiger partial charge in [0.15, 0.2) is 11.5 Å². The maximum atomic E-state index is 12.3. The van der Waals surface area contributed by atoms with Crippen LogP contribution in [0.1, 0.15) is 15.9 Å². The predicted octanol–water partition coefficient (Wildman–Crippen LogP) is 2.58. The zero-order chi connectivity index (χ0) is 19.8. The van der Waals surface area contributed by atoms with Crippen molar-refractivity contribution < 1.29 is 23.8 Å². The van der Waals surface area contributed by atoms with Gasteiger partial charge in [-0.3, -0.25) is 4.79 Å². The number of rotatable bonds is 6. The Labute approximate surface area is 156 Å². The van der Waals surface area contributed by atoms with Crippen molar-refractivity contribution in [2.75, 3.05) is 21.3 Å². The summed E-state index contributed by atoms with van der Waals surface area (Å²) >= 11 is 0. The summed E-state index contributed by atoms with van der Waals surface area (Å²) in [6.07, 6.45) is 1.41. The largest absolute Gasteiger partial charge is 0.497 e. The van der Waals surface area contributed by atoms with Crippen LogP contribution in [-0.2, 0) is 4.79 Å². The Bertz CT molecular complexity index is 911.